The van der Waals surface area contributed by atoms with Crippen molar-refractivity contribution in [1.29, 1.82) is 0 Å². The Morgan fingerprint density at radius 1 is 1.19 bits per heavy atom. The van der Waals surface area contributed by atoms with Crippen LogP contribution in [0.2, 0.25) is 0 Å². The number of piperidine rings is 1. The van der Waals surface area contributed by atoms with E-state index in [1.54, 1.807) is 16.8 Å². The second-order valence-corrected chi connectivity index (χ2v) is 11.7. The fourth-order valence-electron chi connectivity index (χ4n) is 6.02. The van der Waals surface area contributed by atoms with E-state index in [9.17, 15) is 14.4 Å². The Labute approximate surface area is 194 Å². The number of nitrogens with one attached hydrogen (secondary N) is 1. The van der Waals surface area contributed by atoms with E-state index in [2.05, 4.69) is 38.0 Å². The minimum absolute atomic E-state index is 0.0257. The van der Waals surface area contributed by atoms with Crippen molar-refractivity contribution in [1.82, 2.24) is 20.1 Å². The maximum absolute atomic E-state index is 13.5. The molecule has 0 radical (unpaired) electrons. The lowest BCUT2D eigenvalue weighted by atomic mass is 9.75. The van der Waals surface area contributed by atoms with Gasteiger partial charge in [0.25, 0.3) is 5.91 Å². The third-order valence-electron chi connectivity index (χ3n) is 8.94. The predicted octanol–water partition coefficient (Wildman–Crippen LogP) is 3.62. The first-order valence-corrected chi connectivity index (χ1v) is 12.7. The van der Waals surface area contributed by atoms with Crippen LogP contribution in [0.25, 0.3) is 0 Å². The molecule has 176 valence electrons. The van der Waals surface area contributed by atoms with Crippen molar-refractivity contribution in [3.05, 3.63) is 16.1 Å². The van der Waals surface area contributed by atoms with Crippen LogP contribution in [0.15, 0.2) is 5.51 Å². The number of thiazole rings is 1. The second-order valence-electron chi connectivity index (χ2n) is 10.8. The molecule has 1 saturated carbocycles. The average molecular weight is 461 g/mol. The van der Waals surface area contributed by atoms with Crippen LogP contribution >= 0.6 is 11.3 Å². The largest absolute Gasteiger partial charge is 0.342 e. The van der Waals surface area contributed by atoms with E-state index >= 15 is 0 Å². The van der Waals surface area contributed by atoms with Crippen LogP contribution in [0.4, 0.5) is 4.79 Å². The van der Waals surface area contributed by atoms with E-state index in [1.165, 1.54) is 4.90 Å². The Bertz CT molecular complexity index is 917. The maximum Gasteiger partial charge on any atom is 0.325 e. The maximum atomic E-state index is 13.5. The highest BCUT2D eigenvalue weighted by Crippen LogP contribution is 2.68. The number of hydrogen-bond acceptors (Lipinski definition) is 5. The zero-order chi connectivity index (χ0) is 23.5. The molecule has 7 nitrogen and oxygen atoms in total. The minimum Gasteiger partial charge on any atom is -0.342 e. The molecule has 0 aromatic carbocycles. The van der Waals surface area contributed by atoms with Crippen molar-refractivity contribution in [3.8, 4) is 0 Å². The van der Waals surface area contributed by atoms with Crippen LogP contribution in [-0.2, 0) is 16.0 Å². The molecule has 4 rings (SSSR count). The molecule has 1 aromatic heterocycles. The molecule has 0 spiro atoms. The standard InChI is InChI=1S/C24H36N4O3S/c1-7-24(20(30)28(21(31)26-24)13-10-17-15(2)25-14-32-17)16-8-11-27(12-9-16)19(29)18-22(3,4)23(18,5)6/h14,16,18H,7-13H2,1-6H3,(H,26,31). The van der Waals surface area contributed by atoms with Gasteiger partial charge < -0.3 is 10.2 Å². The van der Waals surface area contributed by atoms with Gasteiger partial charge >= 0.3 is 6.03 Å². The van der Waals surface area contributed by atoms with Crippen molar-refractivity contribution >= 4 is 29.2 Å². The zero-order valence-corrected chi connectivity index (χ0v) is 21.0. The van der Waals surface area contributed by atoms with Gasteiger partial charge in [0.05, 0.1) is 11.2 Å². The van der Waals surface area contributed by atoms with E-state index < -0.39 is 5.54 Å². The number of likely N-dealkylation sites (tertiary alicyclic amines) is 1. The van der Waals surface area contributed by atoms with Crippen molar-refractivity contribution in [2.24, 2.45) is 22.7 Å². The van der Waals surface area contributed by atoms with Crippen LogP contribution in [0.5, 0.6) is 0 Å². The number of carbonyl (C=O) groups is 3. The molecule has 1 atom stereocenters. The van der Waals surface area contributed by atoms with Crippen LogP contribution in [0.3, 0.4) is 0 Å². The molecule has 3 heterocycles. The first kappa shape index (κ1) is 23.2. The van der Waals surface area contributed by atoms with Gasteiger partial charge in [-0.3, -0.25) is 14.5 Å². The van der Waals surface area contributed by atoms with Crippen LogP contribution in [-0.4, -0.2) is 57.8 Å². The number of nitrogens with zero attached hydrogens (tertiary/aromatic N) is 3. The molecule has 2 aliphatic heterocycles. The third-order valence-corrected chi connectivity index (χ3v) is 9.93. The van der Waals surface area contributed by atoms with Crippen molar-refractivity contribution in [2.75, 3.05) is 19.6 Å². The number of imide groups is 1. The number of amides is 4. The molecule has 1 aliphatic carbocycles. The molecular weight excluding hydrogens is 424 g/mol. The molecule has 2 saturated heterocycles. The summed E-state index contributed by atoms with van der Waals surface area (Å²) in [6, 6.07) is -0.293. The van der Waals surface area contributed by atoms with Crippen molar-refractivity contribution in [3.63, 3.8) is 0 Å². The van der Waals surface area contributed by atoms with Gasteiger partial charge in [-0.15, -0.1) is 11.3 Å². The summed E-state index contributed by atoms with van der Waals surface area (Å²) in [6.07, 6.45) is 2.67. The average Bonchev–Trinajstić information content (AvgIpc) is 3.04. The van der Waals surface area contributed by atoms with E-state index in [4.69, 9.17) is 0 Å². The summed E-state index contributed by atoms with van der Waals surface area (Å²) >= 11 is 1.56. The summed E-state index contributed by atoms with van der Waals surface area (Å²) in [7, 11) is 0. The van der Waals surface area contributed by atoms with E-state index in [0.717, 1.165) is 23.4 Å². The number of aryl methyl sites for hydroxylation is 1. The molecule has 8 heteroatoms. The molecule has 32 heavy (non-hydrogen) atoms. The molecular formula is C24H36N4O3S. The molecule has 0 bridgehead atoms. The quantitative estimate of drug-likeness (QED) is 0.658. The van der Waals surface area contributed by atoms with Gasteiger partial charge in [0.15, 0.2) is 0 Å². The molecule has 3 aliphatic rings. The summed E-state index contributed by atoms with van der Waals surface area (Å²) < 4.78 is 0. The topological polar surface area (TPSA) is 82.6 Å². The van der Waals surface area contributed by atoms with Gasteiger partial charge in [-0.2, -0.15) is 0 Å². The fraction of sp³-hybridized carbons (Fsp3) is 0.750. The summed E-state index contributed by atoms with van der Waals surface area (Å²) in [4.78, 5) is 48.1. The van der Waals surface area contributed by atoms with Gasteiger partial charge in [-0.1, -0.05) is 34.6 Å². The Balaban J connectivity index is 1.40. The molecule has 1 aromatic rings. The number of carbonyl (C=O) groups excluding carboxylic acids is 3. The smallest absolute Gasteiger partial charge is 0.325 e. The lowest BCUT2D eigenvalue weighted by Crippen LogP contribution is -2.56. The summed E-state index contributed by atoms with van der Waals surface area (Å²) in [5.74, 6) is 0.238. The highest BCUT2D eigenvalue weighted by molar-refractivity contribution is 7.09. The monoisotopic (exact) mass is 460 g/mol. The van der Waals surface area contributed by atoms with Gasteiger partial charge in [-0.25, -0.2) is 9.78 Å². The number of hydrogen-bond donors (Lipinski definition) is 1. The first-order valence-electron chi connectivity index (χ1n) is 11.8. The molecule has 1 unspecified atom stereocenters. The van der Waals surface area contributed by atoms with Gasteiger partial charge in [0.1, 0.15) is 5.54 Å². The lowest BCUT2D eigenvalue weighted by molar-refractivity contribution is -0.137. The van der Waals surface area contributed by atoms with Gasteiger partial charge in [0.2, 0.25) is 5.91 Å². The van der Waals surface area contributed by atoms with Crippen LogP contribution in [0.1, 0.15) is 64.5 Å². The zero-order valence-electron chi connectivity index (χ0n) is 20.2. The van der Waals surface area contributed by atoms with Gasteiger partial charge in [-0.05, 0) is 42.9 Å². The first-order chi connectivity index (χ1) is 15.0. The highest BCUT2D eigenvalue weighted by Gasteiger charge is 2.69. The minimum atomic E-state index is -0.854. The normalized spacial score (nSPS) is 27.7. The van der Waals surface area contributed by atoms with Crippen LogP contribution in [0, 0.1) is 29.6 Å². The molecule has 4 amide bonds. The second kappa shape index (κ2) is 7.82. The predicted molar refractivity (Wildman–Crippen MR) is 124 cm³/mol. The Morgan fingerprint density at radius 2 is 1.81 bits per heavy atom. The Morgan fingerprint density at radius 3 is 2.31 bits per heavy atom. The van der Waals surface area contributed by atoms with Crippen LogP contribution < -0.4 is 5.32 Å². The number of urea groups is 1. The third kappa shape index (κ3) is 3.37. The van der Waals surface area contributed by atoms with Crippen molar-refractivity contribution in [2.45, 2.75) is 72.8 Å². The number of rotatable bonds is 6. The fourth-order valence-corrected chi connectivity index (χ4v) is 6.79. The summed E-state index contributed by atoms with van der Waals surface area (Å²) in [6.45, 7) is 14.3. The number of aromatic nitrogens is 1. The Kier molecular flexibility index (Phi) is 5.67. The van der Waals surface area contributed by atoms with E-state index in [1.807, 2.05) is 18.7 Å². The molecule has 3 fully saturated rings. The Hall–Kier alpha value is -1.96. The lowest BCUT2D eigenvalue weighted by Gasteiger charge is -2.40. The van der Waals surface area contributed by atoms with Gasteiger partial charge in [0, 0.05) is 36.9 Å². The van der Waals surface area contributed by atoms with E-state index in [0.29, 0.717) is 32.5 Å². The van der Waals surface area contributed by atoms with Crippen molar-refractivity contribution < 1.29 is 14.4 Å². The summed E-state index contributed by atoms with van der Waals surface area (Å²) in [5.41, 5.74) is 1.96. The SMILES string of the molecule is CCC1(C2CCN(C(=O)C3C(C)(C)C3(C)C)CC2)NC(=O)N(CCc2scnc2C)C1=O. The highest BCUT2D eigenvalue weighted by atomic mass is 32.1. The molecule has 1 N–H and O–H groups in total. The van der Waals surface area contributed by atoms with E-state index in [-0.39, 0.29) is 40.5 Å². The summed E-state index contributed by atoms with van der Waals surface area (Å²) in [5, 5.41) is 3.06.